The van der Waals surface area contributed by atoms with Crippen LogP contribution in [0.4, 0.5) is 5.69 Å². The van der Waals surface area contributed by atoms with Crippen molar-refractivity contribution in [3.63, 3.8) is 0 Å². The standard InChI is InChI=1S/C13H10ClIN2O/c1-8-6-9(15)2-3-12(8)17-13(18)10-7-16-5-4-11(10)14/h2-7H,1H3,(H,17,18). The molecule has 0 aliphatic rings. The summed E-state index contributed by atoms with van der Waals surface area (Å²) in [5, 5.41) is 3.22. The van der Waals surface area contributed by atoms with Gasteiger partial charge in [0.2, 0.25) is 0 Å². The highest BCUT2D eigenvalue weighted by atomic mass is 127. The van der Waals surface area contributed by atoms with Crippen LogP contribution in [-0.2, 0) is 0 Å². The molecule has 0 fully saturated rings. The number of hydrogen-bond acceptors (Lipinski definition) is 2. The van der Waals surface area contributed by atoms with E-state index in [4.69, 9.17) is 11.6 Å². The van der Waals surface area contributed by atoms with Crippen LogP contribution in [0, 0.1) is 10.5 Å². The third-order valence-corrected chi connectivity index (χ3v) is 3.45. The van der Waals surface area contributed by atoms with E-state index >= 15 is 0 Å². The molecule has 0 unspecified atom stereocenters. The van der Waals surface area contributed by atoms with E-state index in [0.717, 1.165) is 14.8 Å². The Hall–Kier alpha value is -1.14. The van der Waals surface area contributed by atoms with Gasteiger partial charge in [0.15, 0.2) is 0 Å². The van der Waals surface area contributed by atoms with Crippen LogP contribution in [0.25, 0.3) is 0 Å². The van der Waals surface area contributed by atoms with Gasteiger partial charge in [-0.3, -0.25) is 9.78 Å². The molecule has 5 heteroatoms. The summed E-state index contributed by atoms with van der Waals surface area (Å²) in [4.78, 5) is 15.9. The Balaban J connectivity index is 2.24. The lowest BCUT2D eigenvalue weighted by Gasteiger charge is -2.09. The van der Waals surface area contributed by atoms with Crippen LogP contribution in [0.15, 0.2) is 36.7 Å². The first kappa shape index (κ1) is 13.3. The van der Waals surface area contributed by atoms with E-state index in [-0.39, 0.29) is 5.91 Å². The second-order valence-corrected chi connectivity index (χ2v) is 5.42. The first-order chi connectivity index (χ1) is 8.58. The highest BCUT2D eigenvalue weighted by Crippen LogP contribution is 2.20. The lowest BCUT2D eigenvalue weighted by molar-refractivity contribution is 0.102. The molecule has 0 bridgehead atoms. The Bertz CT molecular complexity index is 601. The van der Waals surface area contributed by atoms with Gasteiger partial charge in [0, 0.05) is 21.7 Å². The van der Waals surface area contributed by atoms with Crippen molar-refractivity contribution in [1.82, 2.24) is 4.98 Å². The predicted octanol–water partition coefficient (Wildman–Crippen LogP) is 3.90. The topological polar surface area (TPSA) is 42.0 Å². The van der Waals surface area contributed by atoms with Crippen LogP contribution in [0.2, 0.25) is 5.02 Å². The van der Waals surface area contributed by atoms with Gasteiger partial charge in [-0.15, -0.1) is 0 Å². The van der Waals surface area contributed by atoms with Crippen LogP contribution in [0.5, 0.6) is 0 Å². The van der Waals surface area contributed by atoms with Crippen molar-refractivity contribution in [2.24, 2.45) is 0 Å². The van der Waals surface area contributed by atoms with Crippen LogP contribution in [-0.4, -0.2) is 10.9 Å². The van der Waals surface area contributed by atoms with Gasteiger partial charge in [-0.05, 0) is 59.3 Å². The molecule has 0 aliphatic carbocycles. The van der Waals surface area contributed by atoms with Gasteiger partial charge in [0.25, 0.3) is 5.91 Å². The number of carbonyl (C=O) groups is 1. The van der Waals surface area contributed by atoms with Crippen molar-refractivity contribution >= 4 is 45.8 Å². The smallest absolute Gasteiger partial charge is 0.258 e. The number of benzene rings is 1. The van der Waals surface area contributed by atoms with Gasteiger partial charge in [-0.1, -0.05) is 11.6 Å². The zero-order valence-electron chi connectivity index (χ0n) is 9.58. The number of anilines is 1. The maximum absolute atomic E-state index is 12.0. The lowest BCUT2D eigenvalue weighted by Crippen LogP contribution is -2.13. The Labute approximate surface area is 124 Å². The van der Waals surface area contributed by atoms with E-state index in [1.807, 2.05) is 25.1 Å². The highest BCUT2D eigenvalue weighted by Gasteiger charge is 2.11. The molecular weight excluding hydrogens is 363 g/mol. The SMILES string of the molecule is Cc1cc(I)ccc1NC(=O)c1cnccc1Cl. The zero-order valence-corrected chi connectivity index (χ0v) is 12.5. The van der Waals surface area contributed by atoms with Crippen molar-refractivity contribution in [3.8, 4) is 0 Å². The summed E-state index contributed by atoms with van der Waals surface area (Å²) in [6.45, 7) is 1.95. The Morgan fingerprint density at radius 1 is 1.39 bits per heavy atom. The summed E-state index contributed by atoms with van der Waals surface area (Å²) < 4.78 is 1.13. The number of pyridine rings is 1. The lowest BCUT2D eigenvalue weighted by atomic mass is 10.2. The molecule has 18 heavy (non-hydrogen) atoms. The maximum atomic E-state index is 12.0. The van der Waals surface area contributed by atoms with Crippen molar-refractivity contribution in [3.05, 3.63) is 56.4 Å². The number of hydrogen-bond donors (Lipinski definition) is 1. The molecule has 2 rings (SSSR count). The fraction of sp³-hybridized carbons (Fsp3) is 0.0769. The van der Waals surface area contributed by atoms with Crippen molar-refractivity contribution in [2.75, 3.05) is 5.32 Å². The maximum Gasteiger partial charge on any atom is 0.258 e. The summed E-state index contributed by atoms with van der Waals surface area (Å²) in [5.41, 5.74) is 2.16. The van der Waals surface area contributed by atoms with E-state index < -0.39 is 0 Å². The summed E-state index contributed by atoms with van der Waals surface area (Å²) >= 11 is 8.18. The molecule has 1 heterocycles. The van der Waals surface area contributed by atoms with Gasteiger partial charge in [-0.25, -0.2) is 0 Å². The summed E-state index contributed by atoms with van der Waals surface area (Å²) in [6, 6.07) is 7.41. The van der Waals surface area contributed by atoms with Gasteiger partial charge in [0.05, 0.1) is 10.6 Å². The fourth-order valence-electron chi connectivity index (χ4n) is 1.50. The van der Waals surface area contributed by atoms with E-state index in [2.05, 4.69) is 32.9 Å². The highest BCUT2D eigenvalue weighted by molar-refractivity contribution is 14.1. The van der Waals surface area contributed by atoms with Gasteiger partial charge in [-0.2, -0.15) is 0 Å². The average molecular weight is 373 g/mol. The number of carbonyl (C=O) groups excluding carboxylic acids is 1. The predicted molar refractivity (Wildman–Crippen MR) is 81.1 cm³/mol. The third-order valence-electron chi connectivity index (χ3n) is 2.45. The van der Waals surface area contributed by atoms with Crippen LogP contribution >= 0.6 is 34.2 Å². The number of rotatable bonds is 2. The summed E-state index contributed by atoms with van der Waals surface area (Å²) in [7, 11) is 0. The molecule has 1 aromatic heterocycles. The summed E-state index contributed by atoms with van der Waals surface area (Å²) in [5.74, 6) is -0.252. The van der Waals surface area contributed by atoms with Gasteiger partial charge in [0.1, 0.15) is 0 Å². The summed E-state index contributed by atoms with van der Waals surface area (Å²) in [6.07, 6.45) is 3.01. The first-order valence-electron chi connectivity index (χ1n) is 5.25. The Morgan fingerprint density at radius 3 is 2.83 bits per heavy atom. The minimum atomic E-state index is -0.252. The Kier molecular flexibility index (Phi) is 4.19. The molecule has 3 nitrogen and oxygen atoms in total. The average Bonchev–Trinajstić information content (AvgIpc) is 2.33. The molecule has 0 saturated carbocycles. The quantitative estimate of drug-likeness (QED) is 0.813. The minimum Gasteiger partial charge on any atom is -0.322 e. The van der Waals surface area contributed by atoms with Crippen molar-refractivity contribution in [1.29, 1.82) is 0 Å². The van der Waals surface area contributed by atoms with Crippen LogP contribution in [0.1, 0.15) is 15.9 Å². The molecule has 1 N–H and O–H groups in total. The number of aromatic nitrogens is 1. The van der Waals surface area contributed by atoms with E-state index in [9.17, 15) is 4.79 Å². The zero-order chi connectivity index (χ0) is 13.1. The molecule has 0 atom stereocenters. The molecule has 0 radical (unpaired) electrons. The first-order valence-corrected chi connectivity index (χ1v) is 6.70. The number of nitrogens with one attached hydrogen (secondary N) is 1. The number of amides is 1. The third kappa shape index (κ3) is 3.00. The van der Waals surface area contributed by atoms with Gasteiger partial charge < -0.3 is 5.32 Å². The number of aryl methyl sites for hydroxylation is 1. The Morgan fingerprint density at radius 2 is 2.17 bits per heavy atom. The van der Waals surface area contributed by atoms with E-state index in [1.54, 1.807) is 12.3 Å². The number of nitrogens with zero attached hydrogens (tertiary/aromatic N) is 1. The fourth-order valence-corrected chi connectivity index (χ4v) is 2.34. The number of halogens is 2. The molecule has 1 amide bonds. The normalized spacial score (nSPS) is 10.2. The largest absolute Gasteiger partial charge is 0.322 e. The van der Waals surface area contributed by atoms with Gasteiger partial charge >= 0.3 is 0 Å². The molecular formula is C13H10ClIN2O. The van der Waals surface area contributed by atoms with Crippen LogP contribution in [0.3, 0.4) is 0 Å². The second-order valence-electron chi connectivity index (χ2n) is 3.77. The molecule has 0 aliphatic heterocycles. The second kappa shape index (κ2) is 5.67. The molecule has 2 aromatic rings. The van der Waals surface area contributed by atoms with E-state index in [0.29, 0.717) is 10.6 Å². The minimum absolute atomic E-state index is 0.252. The van der Waals surface area contributed by atoms with Crippen molar-refractivity contribution < 1.29 is 4.79 Å². The molecule has 92 valence electrons. The monoisotopic (exact) mass is 372 g/mol. The van der Waals surface area contributed by atoms with Crippen molar-refractivity contribution in [2.45, 2.75) is 6.92 Å². The molecule has 1 aromatic carbocycles. The van der Waals surface area contributed by atoms with E-state index in [1.165, 1.54) is 6.20 Å². The van der Waals surface area contributed by atoms with Crippen LogP contribution < -0.4 is 5.32 Å². The molecule has 0 spiro atoms. The molecule has 0 saturated heterocycles.